The van der Waals surface area contributed by atoms with Gasteiger partial charge in [-0.25, -0.2) is 0 Å². The van der Waals surface area contributed by atoms with Crippen LogP contribution < -0.4 is 0 Å². The molecule has 0 saturated carbocycles. The predicted octanol–water partition coefficient (Wildman–Crippen LogP) is 1.88. The van der Waals surface area contributed by atoms with E-state index in [0.29, 0.717) is 6.04 Å². The zero-order valence-corrected chi connectivity index (χ0v) is 9.38. The molecule has 2 heteroatoms. The Morgan fingerprint density at radius 1 is 1.54 bits per heavy atom. The predicted molar refractivity (Wildman–Crippen MR) is 55.7 cm³/mol. The molecule has 2 atom stereocenters. The summed E-state index contributed by atoms with van der Waals surface area (Å²) in [5.74, 6) is 0. The quantitative estimate of drug-likeness (QED) is 0.710. The fourth-order valence-electron chi connectivity index (χ4n) is 2.02. The largest absolute Gasteiger partial charge is 0.392 e. The second-order valence-corrected chi connectivity index (χ2v) is 5.02. The fourth-order valence-corrected chi connectivity index (χ4v) is 2.02. The van der Waals surface area contributed by atoms with Crippen LogP contribution in [-0.2, 0) is 0 Å². The molecule has 1 heterocycles. The zero-order chi connectivity index (χ0) is 10.1. The molecule has 1 aliphatic rings. The lowest BCUT2D eigenvalue weighted by Gasteiger charge is -2.44. The lowest BCUT2D eigenvalue weighted by atomic mass is 9.80. The van der Waals surface area contributed by atoms with Crippen LogP contribution in [0, 0.1) is 5.41 Å². The molecule has 13 heavy (non-hydrogen) atoms. The minimum atomic E-state index is -0.118. The summed E-state index contributed by atoms with van der Waals surface area (Å²) in [5, 5.41) is 9.78. The number of piperidine rings is 1. The molecule has 1 aliphatic heterocycles. The van der Waals surface area contributed by atoms with Crippen molar-refractivity contribution in [3.8, 4) is 0 Å². The van der Waals surface area contributed by atoms with E-state index in [0.717, 1.165) is 19.5 Å². The molecule has 0 aromatic rings. The summed E-state index contributed by atoms with van der Waals surface area (Å²) in [5.41, 5.74) is 0.0711. The number of hydrogen-bond acceptors (Lipinski definition) is 2. The van der Waals surface area contributed by atoms with Crippen LogP contribution in [0.5, 0.6) is 0 Å². The Balaban J connectivity index is 2.55. The minimum Gasteiger partial charge on any atom is -0.392 e. The van der Waals surface area contributed by atoms with E-state index in [1.54, 1.807) is 0 Å². The second kappa shape index (κ2) is 3.97. The molecule has 1 fully saturated rings. The fraction of sp³-hybridized carbons (Fsp3) is 1.00. The third-order valence-electron chi connectivity index (χ3n) is 3.42. The van der Waals surface area contributed by atoms with E-state index in [2.05, 4.69) is 32.6 Å². The van der Waals surface area contributed by atoms with E-state index >= 15 is 0 Å². The van der Waals surface area contributed by atoms with Crippen LogP contribution in [0.25, 0.3) is 0 Å². The lowest BCUT2D eigenvalue weighted by molar-refractivity contribution is -0.0362. The van der Waals surface area contributed by atoms with E-state index in [-0.39, 0.29) is 11.5 Å². The molecule has 0 amide bonds. The number of nitrogens with zero attached hydrogens (tertiary/aromatic N) is 1. The Labute approximate surface area is 81.9 Å². The molecule has 0 aromatic heterocycles. The normalized spacial score (nSPS) is 31.6. The van der Waals surface area contributed by atoms with E-state index in [9.17, 15) is 5.11 Å². The third-order valence-corrected chi connectivity index (χ3v) is 3.42. The Kier molecular flexibility index (Phi) is 3.36. The first-order valence-electron chi connectivity index (χ1n) is 5.39. The van der Waals surface area contributed by atoms with Gasteiger partial charge in [0.25, 0.3) is 0 Å². The summed E-state index contributed by atoms with van der Waals surface area (Å²) in [6, 6.07) is 0.659. The van der Waals surface area contributed by atoms with Gasteiger partial charge < -0.3 is 5.11 Å². The van der Waals surface area contributed by atoms with Gasteiger partial charge in [0.05, 0.1) is 6.10 Å². The van der Waals surface area contributed by atoms with Crippen LogP contribution in [0.15, 0.2) is 0 Å². The molecule has 1 rings (SSSR count). The molecule has 0 aromatic carbocycles. The average Bonchev–Trinajstić information content (AvgIpc) is 2.08. The van der Waals surface area contributed by atoms with Gasteiger partial charge in [-0.3, -0.25) is 4.90 Å². The van der Waals surface area contributed by atoms with E-state index in [1.807, 2.05) is 0 Å². The van der Waals surface area contributed by atoms with E-state index in [1.165, 1.54) is 6.42 Å². The minimum absolute atomic E-state index is 0.0711. The van der Waals surface area contributed by atoms with Gasteiger partial charge in [-0.05, 0) is 19.8 Å². The molecule has 0 bridgehead atoms. The third kappa shape index (κ3) is 2.44. The maximum atomic E-state index is 9.78. The molecule has 1 saturated heterocycles. The van der Waals surface area contributed by atoms with Gasteiger partial charge >= 0.3 is 0 Å². The van der Waals surface area contributed by atoms with Gasteiger partial charge in [-0.1, -0.05) is 20.8 Å². The first-order chi connectivity index (χ1) is 5.97. The van der Waals surface area contributed by atoms with Crippen molar-refractivity contribution in [2.45, 2.75) is 52.7 Å². The number of rotatable bonds is 2. The molecular weight excluding hydrogens is 162 g/mol. The van der Waals surface area contributed by atoms with Gasteiger partial charge in [0, 0.05) is 24.5 Å². The monoisotopic (exact) mass is 185 g/mol. The Morgan fingerprint density at radius 2 is 2.15 bits per heavy atom. The van der Waals surface area contributed by atoms with Gasteiger partial charge in [-0.15, -0.1) is 0 Å². The summed E-state index contributed by atoms with van der Waals surface area (Å²) < 4.78 is 0. The van der Waals surface area contributed by atoms with Gasteiger partial charge in [0.15, 0.2) is 0 Å². The first-order valence-corrected chi connectivity index (χ1v) is 5.39. The number of aliphatic hydroxyl groups excluding tert-OH is 1. The van der Waals surface area contributed by atoms with Crippen LogP contribution in [0.1, 0.15) is 40.5 Å². The highest BCUT2D eigenvalue weighted by Crippen LogP contribution is 2.30. The van der Waals surface area contributed by atoms with Gasteiger partial charge in [0.2, 0.25) is 0 Å². The van der Waals surface area contributed by atoms with Crippen molar-refractivity contribution in [1.29, 1.82) is 0 Å². The Hall–Kier alpha value is -0.0800. The van der Waals surface area contributed by atoms with Gasteiger partial charge in [0.1, 0.15) is 0 Å². The summed E-state index contributed by atoms with van der Waals surface area (Å²) in [7, 11) is 0. The summed E-state index contributed by atoms with van der Waals surface area (Å²) in [4.78, 5) is 2.49. The van der Waals surface area contributed by atoms with Crippen molar-refractivity contribution in [3.63, 3.8) is 0 Å². The second-order valence-electron chi connectivity index (χ2n) is 5.02. The van der Waals surface area contributed by atoms with Gasteiger partial charge in [-0.2, -0.15) is 0 Å². The van der Waals surface area contributed by atoms with Crippen molar-refractivity contribution in [2.75, 3.05) is 13.1 Å². The van der Waals surface area contributed by atoms with E-state index in [4.69, 9.17) is 0 Å². The summed E-state index contributed by atoms with van der Waals surface area (Å²) >= 11 is 0. The van der Waals surface area contributed by atoms with Crippen molar-refractivity contribution in [2.24, 2.45) is 5.41 Å². The Morgan fingerprint density at radius 3 is 2.62 bits per heavy atom. The molecule has 1 N–H and O–H groups in total. The van der Waals surface area contributed by atoms with Crippen molar-refractivity contribution < 1.29 is 5.11 Å². The van der Waals surface area contributed by atoms with Crippen LogP contribution >= 0.6 is 0 Å². The van der Waals surface area contributed by atoms with Crippen LogP contribution in [0.4, 0.5) is 0 Å². The first kappa shape index (κ1) is 11.0. The molecule has 2 unspecified atom stereocenters. The molecule has 78 valence electrons. The average molecular weight is 185 g/mol. The highest BCUT2D eigenvalue weighted by molar-refractivity contribution is 4.88. The van der Waals surface area contributed by atoms with Crippen molar-refractivity contribution in [1.82, 2.24) is 4.90 Å². The molecular formula is C11H23NO. The highest BCUT2D eigenvalue weighted by atomic mass is 16.3. The molecule has 0 spiro atoms. The maximum absolute atomic E-state index is 9.78. The number of hydrogen-bond donors (Lipinski definition) is 1. The molecule has 2 nitrogen and oxygen atoms in total. The van der Waals surface area contributed by atoms with Crippen molar-refractivity contribution >= 4 is 0 Å². The SMILES string of the molecule is CCC(C)N1CCC(O)C(C)(C)C1. The zero-order valence-electron chi connectivity index (χ0n) is 9.38. The van der Waals surface area contributed by atoms with Crippen molar-refractivity contribution in [3.05, 3.63) is 0 Å². The van der Waals surface area contributed by atoms with Crippen LogP contribution in [0.2, 0.25) is 0 Å². The lowest BCUT2D eigenvalue weighted by Crippen LogP contribution is -2.51. The molecule has 0 radical (unpaired) electrons. The Bertz CT molecular complexity index is 167. The topological polar surface area (TPSA) is 23.5 Å². The number of likely N-dealkylation sites (tertiary alicyclic amines) is 1. The van der Waals surface area contributed by atoms with Crippen LogP contribution in [0.3, 0.4) is 0 Å². The number of aliphatic hydroxyl groups is 1. The van der Waals surface area contributed by atoms with E-state index < -0.39 is 0 Å². The maximum Gasteiger partial charge on any atom is 0.0615 e. The smallest absolute Gasteiger partial charge is 0.0615 e. The summed E-state index contributed by atoms with van der Waals surface area (Å²) in [6.07, 6.45) is 2.01. The summed E-state index contributed by atoms with van der Waals surface area (Å²) in [6.45, 7) is 10.9. The standard InChI is InChI=1S/C11H23NO/c1-5-9(2)12-7-6-10(13)11(3,4)8-12/h9-10,13H,5-8H2,1-4H3. The molecule has 0 aliphatic carbocycles. The van der Waals surface area contributed by atoms with Crippen LogP contribution in [-0.4, -0.2) is 35.2 Å². The highest BCUT2D eigenvalue weighted by Gasteiger charge is 2.35.